The van der Waals surface area contributed by atoms with Crippen molar-refractivity contribution in [2.45, 2.75) is 32.7 Å². The largest absolute Gasteiger partial charge is 0.307 e. The minimum absolute atomic E-state index is 0.133. The van der Waals surface area contributed by atoms with Gasteiger partial charge in [-0.25, -0.2) is 0 Å². The molecule has 0 amide bonds. The van der Waals surface area contributed by atoms with E-state index in [1.165, 1.54) is 12.8 Å². The first-order chi connectivity index (χ1) is 4.72. The molecule has 1 heterocycles. The van der Waals surface area contributed by atoms with E-state index in [-0.39, 0.29) is 11.8 Å². The van der Waals surface area contributed by atoms with E-state index in [9.17, 15) is 4.79 Å². The summed E-state index contributed by atoms with van der Waals surface area (Å²) in [5.74, 6) is 0.818. The van der Waals surface area contributed by atoms with Gasteiger partial charge in [0.05, 0.1) is 6.04 Å². The van der Waals surface area contributed by atoms with Crippen molar-refractivity contribution in [3.63, 3.8) is 0 Å². The van der Waals surface area contributed by atoms with Gasteiger partial charge in [0.1, 0.15) is 5.78 Å². The maximum atomic E-state index is 10.9. The van der Waals surface area contributed by atoms with Crippen molar-refractivity contribution in [1.29, 1.82) is 0 Å². The summed E-state index contributed by atoms with van der Waals surface area (Å²) in [6, 6.07) is 0.133. The highest BCUT2D eigenvalue weighted by molar-refractivity contribution is 5.81. The highest BCUT2D eigenvalue weighted by Crippen LogP contribution is 2.15. The Labute approximate surface area is 62.0 Å². The molecule has 2 unspecified atom stereocenters. The van der Waals surface area contributed by atoms with Crippen LogP contribution in [0.5, 0.6) is 0 Å². The Kier molecular flexibility index (Phi) is 2.44. The number of Topliss-reactive ketones (excluding diaryl/α,β-unsaturated/α-hetero) is 1. The zero-order valence-corrected chi connectivity index (χ0v) is 6.68. The number of rotatable bonds is 1. The molecule has 1 rings (SSSR count). The van der Waals surface area contributed by atoms with Gasteiger partial charge in [-0.1, -0.05) is 6.92 Å². The van der Waals surface area contributed by atoms with Gasteiger partial charge in [0.15, 0.2) is 0 Å². The lowest BCUT2D eigenvalue weighted by Crippen LogP contribution is -2.44. The van der Waals surface area contributed by atoms with E-state index in [1.54, 1.807) is 6.92 Å². The van der Waals surface area contributed by atoms with E-state index in [2.05, 4.69) is 12.2 Å². The van der Waals surface area contributed by atoms with E-state index in [4.69, 9.17) is 0 Å². The van der Waals surface area contributed by atoms with E-state index in [0.717, 1.165) is 6.54 Å². The Hall–Kier alpha value is -0.370. The number of hydrogen-bond acceptors (Lipinski definition) is 2. The van der Waals surface area contributed by atoms with Crippen molar-refractivity contribution in [2.24, 2.45) is 5.92 Å². The predicted molar refractivity (Wildman–Crippen MR) is 40.9 cm³/mol. The molecular formula is C8H15NO. The number of carbonyl (C=O) groups is 1. The van der Waals surface area contributed by atoms with Crippen LogP contribution in [0.15, 0.2) is 0 Å². The molecule has 0 radical (unpaired) electrons. The maximum Gasteiger partial charge on any atom is 0.146 e. The van der Waals surface area contributed by atoms with Crippen LogP contribution < -0.4 is 5.32 Å². The van der Waals surface area contributed by atoms with Gasteiger partial charge in [-0.05, 0) is 32.2 Å². The van der Waals surface area contributed by atoms with E-state index in [0.29, 0.717) is 5.92 Å². The Balaban J connectivity index is 2.47. The van der Waals surface area contributed by atoms with Gasteiger partial charge in [-0.2, -0.15) is 0 Å². The molecule has 0 aromatic carbocycles. The second kappa shape index (κ2) is 3.15. The summed E-state index contributed by atoms with van der Waals surface area (Å²) in [6.07, 6.45) is 2.40. The molecule has 0 saturated carbocycles. The van der Waals surface area contributed by atoms with E-state index >= 15 is 0 Å². The van der Waals surface area contributed by atoms with Gasteiger partial charge in [0, 0.05) is 0 Å². The lowest BCUT2D eigenvalue weighted by Gasteiger charge is -2.27. The summed E-state index contributed by atoms with van der Waals surface area (Å²) < 4.78 is 0. The molecule has 1 N–H and O–H groups in total. The van der Waals surface area contributed by atoms with E-state index in [1.807, 2.05) is 0 Å². The van der Waals surface area contributed by atoms with Gasteiger partial charge in [-0.3, -0.25) is 4.79 Å². The molecule has 10 heavy (non-hydrogen) atoms. The van der Waals surface area contributed by atoms with Crippen molar-refractivity contribution in [3.05, 3.63) is 0 Å². The molecular weight excluding hydrogens is 126 g/mol. The Morgan fingerprint density at radius 2 is 2.30 bits per heavy atom. The average molecular weight is 141 g/mol. The first kappa shape index (κ1) is 7.73. The number of piperidine rings is 1. The molecule has 0 bridgehead atoms. The zero-order chi connectivity index (χ0) is 7.56. The Morgan fingerprint density at radius 3 is 2.70 bits per heavy atom. The fourth-order valence-electron chi connectivity index (χ4n) is 1.59. The van der Waals surface area contributed by atoms with Gasteiger partial charge < -0.3 is 5.32 Å². The second-order valence-corrected chi connectivity index (χ2v) is 3.16. The van der Waals surface area contributed by atoms with Crippen LogP contribution in [0.1, 0.15) is 26.7 Å². The molecule has 1 aliphatic heterocycles. The zero-order valence-electron chi connectivity index (χ0n) is 6.68. The molecule has 2 nitrogen and oxygen atoms in total. The van der Waals surface area contributed by atoms with Crippen molar-refractivity contribution >= 4 is 5.78 Å². The molecule has 1 fully saturated rings. The van der Waals surface area contributed by atoms with Crippen LogP contribution in [0.3, 0.4) is 0 Å². The molecule has 2 heteroatoms. The standard InChI is InChI=1S/C8H15NO/c1-6-4-3-5-9-8(6)7(2)10/h6,8-9H,3-5H2,1-2H3. The summed E-state index contributed by atoms with van der Waals surface area (Å²) in [7, 11) is 0. The third kappa shape index (κ3) is 1.57. The fourth-order valence-corrected chi connectivity index (χ4v) is 1.59. The van der Waals surface area contributed by atoms with Gasteiger partial charge in [0.2, 0.25) is 0 Å². The highest BCUT2D eigenvalue weighted by atomic mass is 16.1. The quantitative estimate of drug-likeness (QED) is 0.589. The first-order valence-electron chi connectivity index (χ1n) is 3.95. The molecule has 0 aromatic heterocycles. The average Bonchev–Trinajstić information content (AvgIpc) is 1.88. The van der Waals surface area contributed by atoms with Gasteiger partial charge >= 0.3 is 0 Å². The van der Waals surface area contributed by atoms with Crippen molar-refractivity contribution in [1.82, 2.24) is 5.32 Å². The molecule has 0 aliphatic carbocycles. The molecule has 1 saturated heterocycles. The number of hydrogen-bond donors (Lipinski definition) is 1. The number of ketones is 1. The predicted octanol–water partition coefficient (Wildman–Crippen LogP) is 0.964. The summed E-state index contributed by atoms with van der Waals surface area (Å²) >= 11 is 0. The third-order valence-electron chi connectivity index (χ3n) is 2.21. The van der Waals surface area contributed by atoms with Gasteiger partial charge in [0.25, 0.3) is 0 Å². The van der Waals surface area contributed by atoms with Crippen LogP contribution in [0.25, 0.3) is 0 Å². The fraction of sp³-hybridized carbons (Fsp3) is 0.875. The SMILES string of the molecule is CC(=O)C1NCCCC1C. The topological polar surface area (TPSA) is 29.1 Å². The molecule has 2 atom stereocenters. The molecule has 0 aromatic rings. The Morgan fingerprint density at radius 1 is 1.60 bits per heavy atom. The first-order valence-corrected chi connectivity index (χ1v) is 3.95. The highest BCUT2D eigenvalue weighted by Gasteiger charge is 2.23. The lowest BCUT2D eigenvalue weighted by atomic mass is 9.90. The lowest BCUT2D eigenvalue weighted by molar-refractivity contribution is -0.120. The van der Waals surface area contributed by atoms with Crippen molar-refractivity contribution < 1.29 is 4.79 Å². The second-order valence-electron chi connectivity index (χ2n) is 3.16. The maximum absolute atomic E-state index is 10.9. The van der Waals surface area contributed by atoms with E-state index < -0.39 is 0 Å². The summed E-state index contributed by atoms with van der Waals surface area (Å²) in [5, 5.41) is 3.22. The normalized spacial score (nSPS) is 33.8. The van der Waals surface area contributed by atoms with Gasteiger partial charge in [-0.15, -0.1) is 0 Å². The van der Waals surface area contributed by atoms with Crippen LogP contribution in [0.2, 0.25) is 0 Å². The van der Waals surface area contributed by atoms with Crippen LogP contribution >= 0.6 is 0 Å². The molecule has 58 valence electrons. The summed E-state index contributed by atoms with van der Waals surface area (Å²) in [4.78, 5) is 10.9. The summed E-state index contributed by atoms with van der Waals surface area (Å²) in [6.45, 7) is 4.81. The summed E-state index contributed by atoms with van der Waals surface area (Å²) in [5.41, 5.74) is 0. The Bertz CT molecular complexity index is 133. The number of carbonyl (C=O) groups excluding carboxylic acids is 1. The van der Waals surface area contributed by atoms with Crippen LogP contribution in [0.4, 0.5) is 0 Å². The molecule has 0 spiro atoms. The van der Waals surface area contributed by atoms with Crippen molar-refractivity contribution in [2.75, 3.05) is 6.54 Å². The van der Waals surface area contributed by atoms with Crippen LogP contribution in [-0.2, 0) is 4.79 Å². The number of nitrogens with one attached hydrogen (secondary N) is 1. The minimum Gasteiger partial charge on any atom is -0.307 e. The van der Waals surface area contributed by atoms with Crippen LogP contribution in [-0.4, -0.2) is 18.4 Å². The monoisotopic (exact) mass is 141 g/mol. The minimum atomic E-state index is 0.133. The third-order valence-corrected chi connectivity index (χ3v) is 2.21. The molecule has 1 aliphatic rings. The van der Waals surface area contributed by atoms with Crippen LogP contribution in [0, 0.1) is 5.92 Å². The smallest absolute Gasteiger partial charge is 0.146 e. The van der Waals surface area contributed by atoms with Crippen molar-refractivity contribution in [3.8, 4) is 0 Å².